The van der Waals surface area contributed by atoms with Crippen LogP contribution in [-0.2, 0) is 19.2 Å². The van der Waals surface area contributed by atoms with Gasteiger partial charge in [0.1, 0.15) is 17.9 Å². The number of rotatable bonds is 2. The van der Waals surface area contributed by atoms with Crippen molar-refractivity contribution in [1.29, 1.82) is 0 Å². The summed E-state index contributed by atoms with van der Waals surface area (Å²) >= 11 is 0. The van der Waals surface area contributed by atoms with E-state index in [9.17, 15) is 19.2 Å². The maximum atomic E-state index is 14.2. The molecular weight excluding hydrogens is 570 g/mol. The third-order valence-corrected chi connectivity index (χ3v) is 9.50. The molecule has 3 atom stereocenters. The molecule has 242 valence electrons. The van der Waals surface area contributed by atoms with E-state index in [1.54, 1.807) is 19.0 Å². The number of pyridine rings is 1. The van der Waals surface area contributed by atoms with Gasteiger partial charge < -0.3 is 10.2 Å². The topological polar surface area (TPSA) is 127 Å². The summed E-state index contributed by atoms with van der Waals surface area (Å²) in [7, 11) is 1.74. The molecule has 3 unspecified atom stereocenters. The van der Waals surface area contributed by atoms with Crippen LogP contribution in [-0.4, -0.2) is 77.3 Å². The number of carbonyl (C=O) groups excluding carboxylic acids is 4. The Labute approximate surface area is 265 Å². The number of fused-ring (bicyclic) bond motifs is 4. The monoisotopic (exact) mass is 617 g/mol. The maximum Gasteiger partial charge on any atom is 0.258 e. The van der Waals surface area contributed by atoms with Crippen molar-refractivity contribution in [2.45, 2.75) is 72.4 Å². The molecule has 5 bridgehead atoms. The highest BCUT2D eigenvalue weighted by Crippen LogP contribution is 2.45. The maximum absolute atomic E-state index is 14.2. The van der Waals surface area contributed by atoms with E-state index < -0.39 is 23.4 Å². The molecule has 2 aromatic rings. The number of hydrazine groups is 2. The molecule has 11 nitrogen and oxygen atoms in total. The molecule has 3 N–H and O–H groups in total. The third kappa shape index (κ3) is 6.83. The van der Waals surface area contributed by atoms with E-state index in [-0.39, 0.29) is 35.5 Å². The van der Waals surface area contributed by atoms with Crippen molar-refractivity contribution in [2.75, 3.05) is 31.7 Å². The molecule has 0 saturated carbocycles. The molecule has 2 saturated heterocycles. The van der Waals surface area contributed by atoms with Gasteiger partial charge in [-0.25, -0.2) is 10.4 Å². The van der Waals surface area contributed by atoms with Gasteiger partial charge in [0.2, 0.25) is 11.8 Å². The number of nitrogens with one attached hydrogen (secondary N) is 3. The molecule has 1 aromatic heterocycles. The minimum Gasteiger partial charge on any atom is -0.344 e. The van der Waals surface area contributed by atoms with Crippen molar-refractivity contribution in [2.24, 2.45) is 23.2 Å². The first kappa shape index (κ1) is 32.4. The van der Waals surface area contributed by atoms with Crippen LogP contribution in [0.15, 0.2) is 36.4 Å². The predicted octanol–water partition coefficient (Wildman–Crippen LogP) is 3.27. The fourth-order valence-electron chi connectivity index (χ4n) is 7.03. The van der Waals surface area contributed by atoms with E-state index in [1.165, 1.54) is 5.01 Å². The smallest absolute Gasteiger partial charge is 0.258 e. The van der Waals surface area contributed by atoms with E-state index in [0.29, 0.717) is 51.1 Å². The zero-order valence-corrected chi connectivity index (χ0v) is 27.3. The average molecular weight is 618 g/mol. The molecule has 3 aliphatic heterocycles. The summed E-state index contributed by atoms with van der Waals surface area (Å²) in [5, 5.41) is 7.05. The first-order valence-electron chi connectivity index (χ1n) is 16.2. The lowest BCUT2D eigenvalue weighted by Gasteiger charge is -2.46. The normalized spacial score (nSPS) is 25.4. The Morgan fingerprint density at radius 2 is 1.71 bits per heavy atom. The highest BCUT2D eigenvalue weighted by Gasteiger charge is 2.46. The van der Waals surface area contributed by atoms with Gasteiger partial charge in [0.15, 0.2) is 0 Å². The molecule has 0 radical (unpaired) electrons. The summed E-state index contributed by atoms with van der Waals surface area (Å²) in [5.41, 5.74) is 7.16. The van der Waals surface area contributed by atoms with Gasteiger partial charge >= 0.3 is 0 Å². The van der Waals surface area contributed by atoms with Crippen LogP contribution in [0.2, 0.25) is 0 Å². The number of anilines is 1. The molecule has 45 heavy (non-hydrogen) atoms. The van der Waals surface area contributed by atoms with E-state index in [2.05, 4.69) is 28.3 Å². The molecule has 2 fully saturated rings. The number of amides is 4. The summed E-state index contributed by atoms with van der Waals surface area (Å²) in [5.74, 6) is -0.605. The van der Waals surface area contributed by atoms with Crippen molar-refractivity contribution in [3.8, 4) is 0 Å². The zero-order valence-electron chi connectivity index (χ0n) is 27.3. The van der Waals surface area contributed by atoms with Crippen LogP contribution in [0.3, 0.4) is 0 Å². The first-order chi connectivity index (χ1) is 21.4. The Morgan fingerprint density at radius 1 is 1.00 bits per heavy atom. The van der Waals surface area contributed by atoms with Crippen molar-refractivity contribution in [3.05, 3.63) is 42.0 Å². The van der Waals surface area contributed by atoms with Crippen LogP contribution in [0, 0.1) is 23.2 Å². The molecule has 4 amide bonds. The van der Waals surface area contributed by atoms with Gasteiger partial charge in [0.05, 0.1) is 5.52 Å². The Hall–Kier alpha value is -3.99. The molecule has 4 heterocycles. The number of carbonyl (C=O) groups is 4. The van der Waals surface area contributed by atoms with Crippen LogP contribution < -0.4 is 21.2 Å². The molecule has 1 aromatic carbocycles. The zero-order chi connectivity index (χ0) is 32.5. The minimum absolute atomic E-state index is 0.0315. The van der Waals surface area contributed by atoms with E-state index in [0.717, 1.165) is 16.5 Å². The summed E-state index contributed by atoms with van der Waals surface area (Å²) in [4.78, 5) is 60.6. The van der Waals surface area contributed by atoms with Crippen LogP contribution in [0.25, 0.3) is 17.0 Å². The third-order valence-electron chi connectivity index (χ3n) is 9.50. The van der Waals surface area contributed by atoms with E-state index in [1.807, 2.05) is 62.9 Å². The summed E-state index contributed by atoms with van der Waals surface area (Å²) in [6.45, 7) is 11.2. The second-order valence-corrected chi connectivity index (χ2v) is 13.5. The molecular formula is C34H47N7O4. The Morgan fingerprint density at radius 3 is 2.40 bits per heavy atom. The number of hydrogen-bond acceptors (Lipinski definition) is 7. The van der Waals surface area contributed by atoms with Crippen LogP contribution in [0.1, 0.15) is 65.9 Å². The number of likely N-dealkylation sites (tertiary alicyclic amines) is 1. The summed E-state index contributed by atoms with van der Waals surface area (Å²) in [6.07, 6.45) is 6.69. The van der Waals surface area contributed by atoms with Gasteiger partial charge in [-0.3, -0.25) is 34.6 Å². The van der Waals surface area contributed by atoms with Crippen molar-refractivity contribution >= 4 is 46.4 Å². The average Bonchev–Trinajstić information content (AvgIpc) is 3.02. The lowest BCUT2D eigenvalue weighted by atomic mass is 9.64. The molecule has 0 aliphatic carbocycles. The van der Waals surface area contributed by atoms with Crippen LogP contribution in [0.4, 0.5) is 5.82 Å². The highest BCUT2D eigenvalue weighted by atomic mass is 16.2. The van der Waals surface area contributed by atoms with Gasteiger partial charge in [0.25, 0.3) is 11.8 Å². The lowest BCUT2D eigenvalue weighted by molar-refractivity contribution is -0.145. The number of benzene rings is 1. The first-order valence-corrected chi connectivity index (χ1v) is 16.2. The second-order valence-electron chi connectivity index (χ2n) is 13.5. The van der Waals surface area contributed by atoms with Crippen LogP contribution >= 0.6 is 0 Å². The quantitative estimate of drug-likeness (QED) is 0.472. The minimum atomic E-state index is -0.797. The number of hydrogen-bond donors (Lipinski definition) is 3. The van der Waals surface area contributed by atoms with Gasteiger partial charge in [-0.15, -0.1) is 0 Å². The van der Waals surface area contributed by atoms with Crippen molar-refractivity contribution in [3.63, 3.8) is 0 Å². The van der Waals surface area contributed by atoms with Gasteiger partial charge in [-0.1, -0.05) is 52.0 Å². The highest BCUT2D eigenvalue weighted by molar-refractivity contribution is 5.90. The number of allylic oxidation sites excluding steroid dienone is 1. The Bertz CT molecular complexity index is 1480. The van der Waals surface area contributed by atoms with Gasteiger partial charge in [-0.2, -0.15) is 0 Å². The predicted molar refractivity (Wildman–Crippen MR) is 174 cm³/mol. The summed E-state index contributed by atoms with van der Waals surface area (Å²) < 4.78 is 0. The van der Waals surface area contributed by atoms with E-state index >= 15 is 0 Å². The molecule has 11 heteroatoms. The van der Waals surface area contributed by atoms with Crippen LogP contribution in [0.5, 0.6) is 0 Å². The van der Waals surface area contributed by atoms with Crippen molar-refractivity contribution in [1.82, 2.24) is 31.1 Å². The Balaban J connectivity index is 1.57. The number of piperidine rings is 1. The molecule has 5 rings (SSSR count). The van der Waals surface area contributed by atoms with E-state index in [4.69, 9.17) is 4.98 Å². The van der Waals surface area contributed by atoms with Gasteiger partial charge in [0, 0.05) is 49.3 Å². The molecule has 3 aliphatic rings. The fraction of sp³-hybridized carbons (Fsp3) is 0.559. The summed E-state index contributed by atoms with van der Waals surface area (Å²) in [6, 6.07) is 8.48. The number of nitrogens with zero attached hydrogens (tertiary/aromatic N) is 4. The molecule has 1 spiro atoms. The Kier molecular flexibility index (Phi) is 9.48. The van der Waals surface area contributed by atoms with Crippen molar-refractivity contribution < 1.29 is 19.2 Å². The second kappa shape index (κ2) is 13.2. The lowest BCUT2D eigenvalue weighted by Crippen LogP contribution is -2.62. The standard InChI is InChI=1S/C34H47N7O4/c1-21(2)29-31(43)35-23(5)33(45)41-17-7-8-26(37-41)30(42)38-39(6)28-12-11-25-10-9-24(20-27(25)36-28)13-14-34(29)15-18-40(19-16-34)32(44)22(3)4/h9-14,20-23,26,29,37H,7-8,15-19H2,1-6H3,(H,35,43)(H,38,42)/b14-13+. The largest absolute Gasteiger partial charge is 0.344 e. The SMILES string of the molecule is CC(C)C(=O)N1CCC2(/C=C/c3ccc4ccc(nc4c3)N(C)NC(=O)C3CCCN(N3)C(=O)C(C)NC(=O)C2C(C)C)CC1. The fourth-order valence-corrected chi connectivity index (χ4v) is 7.03. The van der Waals surface area contributed by atoms with Gasteiger partial charge in [-0.05, 0) is 62.3 Å². The number of aromatic nitrogens is 1.